The van der Waals surface area contributed by atoms with E-state index in [4.69, 9.17) is 0 Å². The van der Waals surface area contributed by atoms with Crippen LogP contribution in [0.5, 0.6) is 0 Å². The van der Waals surface area contributed by atoms with Crippen LogP contribution in [0.3, 0.4) is 0 Å². The van der Waals surface area contributed by atoms with Gasteiger partial charge in [0.25, 0.3) is 0 Å². The van der Waals surface area contributed by atoms with E-state index in [-0.39, 0.29) is 0 Å². The average molecular weight is 218 g/mol. The lowest BCUT2D eigenvalue weighted by Crippen LogP contribution is -2.47. The molecule has 2 rings (SSSR count). The van der Waals surface area contributed by atoms with E-state index in [1.807, 2.05) is 0 Å². The van der Waals surface area contributed by atoms with Crippen LogP contribution in [0, 0.1) is 5.41 Å². The molecule has 1 atom stereocenters. The highest BCUT2D eigenvalue weighted by molar-refractivity contribution is 4.92. The van der Waals surface area contributed by atoms with Crippen molar-refractivity contribution in [1.29, 1.82) is 0 Å². The summed E-state index contributed by atoms with van der Waals surface area (Å²) in [5.74, 6) is 0. The first-order valence-electron chi connectivity index (χ1n) is 5.95. The Kier molecular flexibility index (Phi) is 3.57. The molecule has 0 spiro atoms. The molecular weight excluding hydrogens is 198 g/mol. The molecule has 2 nitrogen and oxygen atoms in total. The molecule has 4 heteroatoms. The summed E-state index contributed by atoms with van der Waals surface area (Å²) in [6.45, 7) is 2.41. The van der Waals surface area contributed by atoms with Gasteiger partial charge in [-0.3, -0.25) is 0 Å². The molecule has 1 unspecified atom stereocenters. The van der Waals surface area contributed by atoms with Crippen molar-refractivity contribution in [3.63, 3.8) is 0 Å². The summed E-state index contributed by atoms with van der Waals surface area (Å²) in [6.07, 6.45) is 2.58. The molecule has 1 saturated carbocycles. The highest BCUT2D eigenvalue weighted by atomic mass is 19.3. The van der Waals surface area contributed by atoms with Gasteiger partial charge in [-0.25, -0.2) is 8.78 Å². The number of hydrogen-bond donors (Lipinski definition) is 2. The molecule has 2 fully saturated rings. The van der Waals surface area contributed by atoms with Gasteiger partial charge in [0, 0.05) is 24.5 Å². The molecule has 2 aliphatic rings. The van der Waals surface area contributed by atoms with Crippen LogP contribution in [0.25, 0.3) is 0 Å². The summed E-state index contributed by atoms with van der Waals surface area (Å²) in [5.41, 5.74) is -0.696. The number of hydrogen-bond acceptors (Lipinski definition) is 2. The average Bonchev–Trinajstić information content (AvgIpc) is 2.61. The quantitative estimate of drug-likeness (QED) is 0.735. The monoisotopic (exact) mass is 218 g/mol. The lowest BCUT2D eigenvalue weighted by Gasteiger charge is -2.41. The Morgan fingerprint density at radius 1 is 1.33 bits per heavy atom. The van der Waals surface area contributed by atoms with Crippen LogP contribution in [0.1, 0.15) is 32.1 Å². The first kappa shape index (κ1) is 11.3. The maximum Gasteiger partial charge on any atom is 0.245 e. The van der Waals surface area contributed by atoms with E-state index in [2.05, 4.69) is 10.6 Å². The fourth-order valence-corrected chi connectivity index (χ4v) is 2.53. The van der Waals surface area contributed by atoms with Gasteiger partial charge in [-0.15, -0.1) is 0 Å². The Morgan fingerprint density at radius 3 is 2.60 bits per heavy atom. The summed E-state index contributed by atoms with van der Waals surface area (Å²) in [7, 11) is 0. The Bertz CT molecular complexity index is 199. The number of alkyl halides is 2. The molecule has 15 heavy (non-hydrogen) atoms. The Labute approximate surface area is 89.8 Å². The van der Waals surface area contributed by atoms with Crippen molar-refractivity contribution in [3.05, 3.63) is 0 Å². The fourth-order valence-electron chi connectivity index (χ4n) is 2.53. The largest absolute Gasteiger partial charge is 0.314 e. The maximum atomic E-state index is 12.8. The van der Waals surface area contributed by atoms with Crippen LogP contribution in [-0.4, -0.2) is 32.1 Å². The molecule has 0 amide bonds. The standard InChI is InChI=1S/C11H20F2N2/c12-10(13)11(4-2-5-11)8-14-7-9-3-1-6-15-9/h9-10,14-15H,1-8H2. The van der Waals surface area contributed by atoms with Gasteiger partial charge >= 0.3 is 0 Å². The van der Waals surface area contributed by atoms with Crippen LogP contribution < -0.4 is 10.6 Å². The van der Waals surface area contributed by atoms with E-state index >= 15 is 0 Å². The van der Waals surface area contributed by atoms with Gasteiger partial charge in [0.15, 0.2) is 0 Å². The second-order valence-corrected chi connectivity index (χ2v) is 4.94. The normalized spacial score (nSPS) is 29.4. The van der Waals surface area contributed by atoms with Crippen LogP contribution in [0.15, 0.2) is 0 Å². The van der Waals surface area contributed by atoms with Crippen molar-refractivity contribution >= 4 is 0 Å². The summed E-state index contributed by atoms with van der Waals surface area (Å²) in [6, 6.07) is 0.500. The molecule has 0 aromatic rings. The van der Waals surface area contributed by atoms with Crippen LogP contribution in [0.2, 0.25) is 0 Å². The zero-order valence-electron chi connectivity index (χ0n) is 9.07. The molecule has 0 bridgehead atoms. The van der Waals surface area contributed by atoms with E-state index in [9.17, 15) is 8.78 Å². The van der Waals surface area contributed by atoms with Gasteiger partial charge in [-0.2, -0.15) is 0 Å². The van der Waals surface area contributed by atoms with Crippen LogP contribution in [-0.2, 0) is 0 Å². The fraction of sp³-hybridized carbons (Fsp3) is 1.00. The van der Waals surface area contributed by atoms with Crippen LogP contribution in [0.4, 0.5) is 8.78 Å². The molecule has 88 valence electrons. The molecule has 1 heterocycles. The lowest BCUT2D eigenvalue weighted by molar-refractivity contribution is -0.0586. The predicted molar refractivity (Wildman–Crippen MR) is 56.2 cm³/mol. The highest BCUT2D eigenvalue weighted by Gasteiger charge is 2.44. The van der Waals surface area contributed by atoms with Crippen molar-refractivity contribution in [2.75, 3.05) is 19.6 Å². The van der Waals surface area contributed by atoms with Gasteiger partial charge in [0.1, 0.15) is 0 Å². The number of nitrogens with one attached hydrogen (secondary N) is 2. The van der Waals surface area contributed by atoms with Gasteiger partial charge in [0.2, 0.25) is 6.43 Å². The number of rotatable bonds is 5. The van der Waals surface area contributed by atoms with Crippen LogP contribution >= 0.6 is 0 Å². The van der Waals surface area contributed by atoms with Gasteiger partial charge in [-0.05, 0) is 32.2 Å². The molecule has 0 radical (unpaired) electrons. The second-order valence-electron chi connectivity index (χ2n) is 4.94. The number of halogens is 2. The zero-order chi connectivity index (χ0) is 10.7. The van der Waals surface area contributed by atoms with Crippen molar-refractivity contribution in [1.82, 2.24) is 10.6 Å². The Hall–Kier alpha value is -0.220. The van der Waals surface area contributed by atoms with E-state index in [1.54, 1.807) is 0 Å². The second kappa shape index (κ2) is 4.74. The van der Waals surface area contributed by atoms with Crippen molar-refractivity contribution < 1.29 is 8.78 Å². The Morgan fingerprint density at radius 2 is 2.13 bits per heavy atom. The molecular formula is C11H20F2N2. The third-order valence-electron chi connectivity index (χ3n) is 3.84. The van der Waals surface area contributed by atoms with E-state index < -0.39 is 11.8 Å². The topological polar surface area (TPSA) is 24.1 Å². The maximum absolute atomic E-state index is 12.8. The smallest absolute Gasteiger partial charge is 0.245 e. The molecule has 2 N–H and O–H groups in total. The molecule has 0 aromatic carbocycles. The Balaban J connectivity index is 1.67. The minimum Gasteiger partial charge on any atom is -0.314 e. The minimum atomic E-state index is -2.16. The predicted octanol–water partition coefficient (Wildman–Crippen LogP) is 1.76. The van der Waals surface area contributed by atoms with Gasteiger partial charge in [0.05, 0.1) is 0 Å². The minimum absolute atomic E-state index is 0.489. The third-order valence-corrected chi connectivity index (χ3v) is 3.84. The van der Waals surface area contributed by atoms with E-state index in [0.29, 0.717) is 25.4 Å². The SMILES string of the molecule is FC(F)C1(CNCC2CCCN2)CCC1. The molecule has 1 aliphatic carbocycles. The molecule has 1 aliphatic heterocycles. The van der Waals surface area contributed by atoms with Crippen molar-refractivity contribution in [2.24, 2.45) is 5.41 Å². The zero-order valence-corrected chi connectivity index (χ0v) is 9.07. The molecule has 0 aromatic heterocycles. The summed E-state index contributed by atoms with van der Waals surface area (Å²) in [4.78, 5) is 0. The third kappa shape index (κ3) is 2.48. The van der Waals surface area contributed by atoms with Crippen molar-refractivity contribution in [2.45, 2.75) is 44.6 Å². The van der Waals surface area contributed by atoms with E-state index in [0.717, 1.165) is 19.5 Å². The lowest BCUT2D eigenvalue weighted by atomic mass is 9.69. The first-order valence-corrected chi connectivity index (χ1v) is 5.95. The summed E-state index contributed by atoms with van der Waals surface area (Å²) in [5, 5.41) is 6.57. The molecule has 1 saturated heterocycles. The van der Waals surface area contributed by atoms with Gasteiger partial charge in [-0.1, -0.05) is 6.42 Å². The van der Waals surface area contributed by atoms with Crippen molar-refractivity contribution in [3.8, 4) is 0 Å². The van der Waals surface area contributed by atoms with E-state index in [1.165, 1.54) is 12.8 Å². The summed E-state index contributed by atoms with van der Waals surface area (Å²) < 4.78 is 25.6. The van der Waals surface area contributed by atoms with Gasteiger partial charge < -0.3 is 10.6 Å². The first-order chi connectivity index (χ1) is 7.23. The summed E-state index contributed by atoms with van der Waals surface area (Å²) >= 11 is 0. The highest BCUT2D eigenvalue weighted by Crippen LogP contribution is 2.45.